The molecule has 0 fully saturated rings. The van der Waals surface area contributed by atoms with E-state index < -0.39 is 0 Å². The summed E-state index contributed by atoms with van der Waals surface area (Å²) in [6.45, 7) is 2.09. The Hall–Kier alpha value is -1.35. The Morgan fingerprint density at radius 1 is 1.47 bits per heavy atom. The molecule has 0 radical (unpaired) electrons. The molecule has 15 heavy (non-hydrogen) atoms. The van der Waals surface area contributed by atoms with Gasteiger partial charge in [0, 0.05) is 5.39 Å². The number of H-pyrrole nitrogens is 1. The molecule has 1 atom stereocenters. The van der Waals surface area contributed by atoms with Gasteiger partial charge >= 0.3 is 0 Å². The van der Waals surface area contributed by atoms with Crippen LogP contribution in [0.2, 0.25) is 0 Å². The number of fused-ring (bicyclic) bond motifs is 1. The van der Waals surface area contributed by atoms with Crippen molar-refractivity contribution in [3.8, 4) is 0 Å². The van der Waals surface area contributed by atoms with Crippen LogP contribution in [-0.2, 0) is 6.42 Å². The number of benzene rings is 1. The summed E-state index contributed by atoms with van der Waals surface area (Å²) in [5, 5.41) is 17.7. The van der Waals surface area contributed by atoms with Gasteiger partial charge in [-0.05, 0) is 30.5 Å². The molecule has 1 aromatic heterocycles. The van der Waals surface area contributed by atoms with Gasteiger partial charge in [0.25, 0.3) is 0 Å². The summed E-state index contributed by atoms with van der Waals surface area (Å²) < 4.78 is 0. The van der Waals surface area contributed by atoms with Gasteiger partial charge in [-0.2, -0.15) is 5.10 Å². The fourth-order valence-corrected chi connectivity index (χ4v) is 1.83. The minimum Gasteiger partial charge on any atom is -0.393 e. The highest BCUT2D eigenvalue weighted by Crippen LogP contribution is 2.15. The highest BCUT2D eigenvalue weighted by atomic mass is 16.3. The minimum atomic E-state index is -0.223. The molecule has 0 aliphatic heterocycles. The molecule has 0 spiro atoms. The third kappa shape index (κ3) is 2.36. The Balaban J connectivity index is 2.14. The number of aliphatic hydroxyl groups is 1. The van der Waals surface area contributed by atoms with Gasteiger partial charge in [0.05, 0.1) is 17.8 Å². The Kier molecular flexibility index (Phi) is 3.02. The van der Waals surface area contributed by atoms with Gasteiger partial charge < -0.3 is 5.11 Å². The molecule has 1 aromatic carbocycles. The lowest BCUT2D eigenvalue weighted by molar-refractivity contribution is 0.164. The first-order valence-corrected chi connectivity index (χ1v) is 5.39. The van der Waals surface area contributed by atoms with Crippen molar-refractivity contribution >= 4 is 10.9 Å². The number of aromatic nitrogens is 2. The van der Waals surface area contributed by atoms with E-state index in [0.717, 1.165) is 30.2 Å². The number of rotatable bonds is 4. The van der Waals surface area contributed by atoms with E-state index in [4.69, 9.17) is 0 Å². The maximum absolute atomic E-state index is 9.70. The van der Waals surface area contributed by atoms with Crippen LogP contribution in [0.5, 0.6) is 0 Å². The second-order valence-corrected chi connectivity index (χ2v) is 3.94. The van der Waals surface area contributed by atoms with Gasteiger partial charge in [-0.25, -0.2) is 0 Å². The van der Waals surface area contributed by atoms with E-state index in [1.54, 1.807) is 0 Å². The monoisotopic (exact) mass is 204 g/mol. The van der Waals surface area contributed by atoms with Crippen molar-refractivity contribution in [1.82, 2.24) is 10.2 Å². The largest absolute Gasteiger partial charge is 0.393 e. The molecule has 3 heteroatoms. The molecule has 0 bridgehead atoms. The summed E-state index contributed by atoms with van der Waals surface area (Å²) in [6, 6.07) is 6.13. The van der Waals surface area contributed by atoms with Crippen LogP contribution in [0.25, 0.3) is 10.9 Å². The maximum atomic E-state index is 9.70. The Morgan fingerprint density at radius 3 is 3.13 bits per heavy atom. The molecule has 0 aliphatic rings. The normalized spacial score (nSPS) is 13.2. The zero-order valence-corrected chi connectivity index (χ0v) is 8.90. The maximum Gasteiger partial charge on any atom is 0.0650 e. The first-order valence-electron chi connectivity index (χ1n) is 5.39. The Morgan fingerprint density at radius 2 is 2.33 bits per heavy atom. The number of aromatic amines is 1. The van der Waals surface area contributed by atoms with Crippen LogP contribution in [0, 0.1) is 0 Å². The summed E-state index contributed by atoms with van der Waals surface area (Å²) in [5.74, 6) is 0. The smallest absolute Gasteiger partial charge is 0.0650 e. The zero-order valence-electron chi connectivity index (χ0n) is 8.90. The van der Waals surface area contributed by atoms with Gasteiger partial charge in [0.1, 0.15) is 0 Å². The molecule has 0 saturated heterocycles. The lowest BCUT2D eigenvalue weighted by Crippen LogP contribution is -2.09. The van der Waals surface area contributed by atoms with Crippen LogP contribution in [0.4, 0.5) is 0 Å². The van der Waals surface area contributed by atoms with Crippen molar-refractivity contribution in [2.24, 2.45) is 0 Å². The fraction of sp³-hybridized carbons (Fsp3) is 0.417. The fourth-order valence-electron chi connectivity index (χ4n) is 1.83. The average molecular weight is 204 g/mol. The number of nitrogens with zero attached hydrogens (tertiary/aromatic N) is 1. The van der Waals surface area contributed by atoms with E-state index in [1.165, 1.54) is 5.56 Å². The van der Waals surface area contributed by atoms with E-state index in [1.807, 2.05) is 18.3 Å². The molecule has 0 amide bonds. The molecule has 0 unspecified atom stereocenters. The summed E-state index contributed by atoms with van der Waals surface area (Å²) in [5.41, 5.74) is 2.22. The van der Waals surface area contributed by atoms with E-state index >= 15 is 0 Å². The summed E-state index contributed by atoms with van der Waals surface area (Å²) in [4.78, 5) is 0. The van der Waals surface area contributed by atoms with Crippen molar-refractivity contribution < 1.29 is 5.11 Å². The van der Waals surface area contributed by atoms with Crippen LogP contribution >= 0.6 is 0 Å². The number of hydrogen-bond acceptors (Lipinski definition) is 2. The van der Waals surface area contributed by atoms with Crippen LogP contribution in [0.15, 0.2) is 24.4 Å². The summed E-state index contributed by atoms with van der Waals surface area (Å²) in [7, 11) is 0. The number of hydrogen-bond donors (Lipinski definition) is 2. The van der Waals surface area contributed by atoms with Crippen LogP contribution in [0.3, 0.4) is 0 Å². The lowest BCUT2D eigenvalue weighted by Gasteiger charge is -2.08. The van der Waals surface area contributed by atoms with Gasteiger partial charge in [0.15, 0.2) is 0 Å². The second-order valence-electron chi connectivity index (χ2n) is 3.94. The molecular formula is C12H16N2O. The first-order chi connectivity index (χ1) is 7.29. The molecule has 0 aliphatic carbocycles. The molecule has 2 rings (SSSR count). The molecule has 2 aromatic rings. The third-order valence-corrected chi connectivity index (χ3v) is 2.60. The van der Waals surface area contributed by atoms with Crippen LogP contribution in [0.1, 0.15) is 25.3 Å². The van der Waals surface area contributed by atoms with E-state index in [-0.39, 0.29) is 6.10 Å². The topological polar surface area (TPSA) is 48.9 Å². The van der Waals surface area contributed by atoms with Crippen molar-refractivity contribution in [2.45, 2.75) is 32.3 Å². The third-order valence-electron chi connectivity index (χ3n) is 2.60. The second kappa shape index (κ2) is 4.45. The Labute approximate surface area is 89.1 Å². The first kappa shape index (κ1) is 10.2. The zero-order chi connectivity index (χ0) is 10.7. The molecular weight excluding hydrogens is 188 g/mol. The predicted octanol–water partition coefficient (Wildman–Crippen LogP) is 2.27. The highest BCUT2D eigenvalue weighted by molar-refractivity contribution is 5.78. The van der Waals surface area contributed by atoms with Crippen LogP contribution < -0.4 is 0 Å². The lowest BCUT2D eigenvalue weighted by atomic mass is 10.0. The molecule has 2 N–H and O–H groups in total. The van der Waals surface area contributed by atoms with Gasteiger partial charge in [0.2, 0.25) is 0 Å². The van der Waals surface area contributed by atoms with E-state index in [9.17, 15) is 5.11 Å². The minimum absolute atomic E-state index is 0.223. The van der Waals surface area contributed by atoms with Crippen molar-refractivity contribution in [3.05, 3.63) is 30.0 Å². The van der Waals surface area contributed by atoms with E-state index in [2.05, 4.69) is 23.2 Å². The van der Waals surface area contributed by atoms with Crippen molar-refractivity contribution in [1.29, 1.82) is 0 Å². The summed E-state index contributed by atoms with van der Waals surface area (Å²) >= 11 is 0. The number of aliphatic hydroxyl groups excluding tert-OH is 1. The van der Waals surface area contributed by atoms with Crippen molar-refractivity contribution in [2.75, 3.05) is 0 Å². The molecule has 3 nitrogen and oxygen atoms in total. The highest BCUT2D eigenvalue weighted by Gasteiger charge is 2.05. The SMILES string of the molecule is CCC[C@H](O)Cc1ccc2[nH]ncc2c1. The van der Waals surface area contributed by atoms with E-state index in [0.29, 0.717) is 0 Å². The average Bonchev–Trinajstić information content (AvgIpc) is 2.65. The van der Waals surface area contributed by atoms with Crippen LogP contribution in [-0.4, -0.2) is 21.4 Å². The van der Waals surface area contributed by atoms with Crippen molar-refractivity contribution in [3.63, 3.8) is 0 Å². The van der Waals surface area contributed by atoms with Gasteiger partial charge in [-0.3, -0.25) is 5.10 Å². The quantitative estimate of drug-likeness (QED) is 0.802. The van der Waals surface area contributed by atoms with Gasteiger partial charge in [-0.1, -0.05) is 19.4 Å². The molecule has 0 saturated carbocycles. The standard InChI is InChI=1S/C12H16N2O/c1-2-3-11(15)7-9-4-5-12-10(6-9)8-13-14-12/h4-6,8,11,15H,2-3,7H2,1H3,(H,13,14)/t11-/m0/s1. The molecule has 1 heterocycles. The molecule has 80 valence electrons. The summed E-state index contributed by atoms with van der Waals surface area (Å²) in [6.07, 6.45) is 4.21. The number of nitrogens with one attached hydrogen (secondary N) is 1. The van der Waals surface area contributed by atoms with Gasteiger partial charge in [-0.15, -0.1) is 0 Å². The Bertz CT molecular complexity index is 436. The predicted molar refractivity (Wildman–Crippen MR) is 60.7 cm³/mol.